The maximum Gasteiger partial charge on any atom is 0.191 e. The monoisotopic (exact) mass is 408 g/mol. The Kier molecular flexibility index (Phi) is 9.26. The van der Waals surface area contributed by atoms with Crippen molar-refractivity contribution in [3.05, 3.63) is 12.2 Å². The van der Waals surface area contributed by atoms with Gasteiger partial charge in [0.15, 0.2) is 5.96 Å². The second-order valence-corrected chi connectivity index (χ2v) is 5.50. The van der Waals surface area contributed by atoms with Gasteiger partial charge < -0.3 is 15.4 Å². The van der Waals surface area contributed by atoms with Crippen molar-refractivity contribution in [1.29, 1.82) is 0 Å². The van der Waals surface area contributed by atoms with Crippen LogP contribution in [-0.2, 0) is 4.74 Å². The molecular formula is C15H29IN4O. The van der Waals surface area contributed by atoms with Crippen molar-refractivity contribution in [3.63, 3.8) is 0 Å². The van der Waals surface area contributed by atoms with E-state index >= 15 is 0 Å². The minimum Gasteiger partial charge on any atom is -0.379 e. The van der Waals surface area contributed by atoms with Gasteiger partial charge in [-0.05, 0) is 26.7 Å². The minimum atomic E-state index is 0. The van der Waals surface area contributed by atoms with Gasteiger partial charge in [-0.3, -0.25) is 9.89 Å². The third-order valence-corrected chi connectivity index (χ3v) is 3.88. The first kappa shape index (κ1) is 18.7. The molecule has 0 radical (unpaired) electrons. The molecule has 5 nitrogen and oxygen atoms in total. The Hall–Kier alpha value is -0.340. The van der Waals surface area contributed by atoms with Crippen LogP contribution < -0.4 is 10.6 Å². The van der Waals surface area contributed by atoms with Gasteiger partial charge in [0.2, 0.25) is 0 Å². The Morgan fingerprint density at radius 2 is 2.00 bits per heavy atom. The lowest BCUT2D eigenvalue weighted by molar-refractivity contribution is 0.0220. The molecule has 1 heterocycles. The van der Waals surface area contributed by atoms with E-state index in [-0.39, 0.29) is 24.0 Å². The lowest BCUT2D eigenvalue weighted by Gasteiger charge is -2.31. The van der Waals surface area contributed by atoms with E-state index in [1.807, 2.05) is 0 Å². The summed E-state index contributed by atoms with van der Waals surface area (Å²) in [5, 5.41) is 6.84. The maximum atomic E-state index is 5.39. The third kappa shape index (κ3) is 6.52. The van der Waals surface area contributed by atoms with Crippen LogP contribution in [0.25, 0.3) is 0 Å². The Bertz CT molecular complexity index is 335. The molecule has 1 fully saturated rings. The zero-order chi connectivity index (χ0) is 14.2. The molecule has 1 aliphatic carbocycles. The molecule has 122 valence electrons. The van der Waals surface area contributed by atoms with Gasteiger partial charge in [-0.2, -0.15) is 0 Å². The molecular weight excluding hydrogens is 379 g/mol. The lowest BCUT2D eigenvalue weighted by Crippen LogP contribution is -2.45. The highest BCUT2D eigenvalue weighted by Gasteiger charge is 2.17. The summed E-state index contributed by atoms with van der Waals surface area (Å²) in [4.78, 5) is 7.19. The summed E-state index contributed by atoms with van der Waals surface area (Å²) in [5.41, 5.74) is 0. The SMILES string of the molecule is CCNC(=NCC(C)N1CCOCC1)NC1CC=CC1.I. The number of nitrogens with one attached hydrogen (secondary N) is 2. The molecule has 0 saturated carbocycles. The summed E-state index contributed by atoms with van der Waals surface area (Å²) in [7, 11) is 0. The largest absolute Gasteiger partial charge is 0.379 e. The van der Waals surface area contributed by atoms with Gasteiger partial charge in [0, 0.05) is 31.7 Å². The van der Waals surface area contributed by atoms with Gasteiger partial charge in [-0.25, -0.2) is 0 Å². The van der Waals surface area contributed by atoms with Gasteiger partial charge in [0.05, 0.1) is 19.8 Å². The average molecular weight is 408 g/mol. The van der Waals surface area contributed by atoms with E-state index in [2.05, 4.69) is 41.5 Å². The zero-order valence-electron chi connectivity index (χ0n) is 13.2. The molecule has 0 bridgehead atoms. The molecule has 1 atom stereocenters. The van der Waals surface area contributed by atoms with Crippen LogP contribution in [0.5, 0.6) is 0 Å². The molecule has 21 heavy (non-hydrogen) atoms. The van der Waals surface area contributed by atoms with Crippen LogP contribution in [0, 0.1) is 0 Å². The molecule has 0 aromatic carbocycles. The van der Waals surface area contributed by atoms with Crippen LogP contribution in [-0.4, -0.2) is 62.3 Å². The standard InChI is InChI=1S/C15H28N4O.HI/c1-3-16-15(18-14-6-4-5-7-14)17-12-13(2)19-8-10-20-11-9-19;/h4-5,13-14H,3,6-12H2,1-2H3,(H2,16,17,18);1H. The van der Waals surface area contributed by atoms with Crippen LogP contribution in [0.1, 0.15) is 26.7 Å². The summed E-state index contributed by atoms with van der Waals surface area (Å²) in [6.07, 6.45) is 6.67. The normalized spacial score (nSPS) is 21.9. The number of morpholine rings is 1. The van der Waals surface area contributed by atoms with Crippen molar-refractivity contribution in [2.45, 2.75) is 38.8 Å². The highest BCUT2D eigenvalue weighted by Crippen LogP contribution is 2.09. The average Bonchev–Trinajstić information content (AvgIpc) is 2.98. The number of ether oxygens (including phenoxy) is 1. The summed E-state index contributed by atoms with van der Waals surface area (Å²) in [6.45, 7) is 9.82. The molecule has 6 heteroatoms. The summed E-state index contributed by atoms with van der Waals surface area (Å²) in [5.74, 6) is 0.946. The van der Waals surface area contributed by atoms with Crippen LogP contribution >= 0.6 is 24.0 Å². The molecule has 2 aliphatic rings. The second-order valence-electron chi connectivity index (χ2n) is 5.50. The second kappa shape index (κ2) is 10.4. The summed E-state index contributed by atoms with van der Waals surface area (Å²) in [6, 6.07) is 0.975. The highest BCUT2D eigenvalue weighted by molar-refractivity contribution is 14.0. The number of guanidine groups is 1. The van der Waals surface area contributed by atoms with Gasteiger partial charge in [-0.15, -0.1) is 24.0 Å². The summed E-state index contributed by atoms with van der Waals surface area (Å²) < 4.78 is 5.39. The predicted octanol–water partition coefficient (Wildman–Crippen LogP) is 1.60. The molecule has 0 amide bonds. The smallest absolute Gasteiger partial charge is 0.191 e. The van der Waals surface area contributed by atoms with Crippen molar-refractivity contribution in [3.8, 4) is 0 Å². The van der Waals surface area contributed by atoms with E-state index in [0.717, 1.165) is 58.2 Å². The van der Waals surface area contributed by atoms with E-state index in [4.69, 9.17) is 9.73 Å². The Balaban J connectivity index is 0.00000220. The van der Waals surface area contributed by atoms with Gasteiger partial charge in [0.1, 0.15) is 0 Å². The Morgan fingerprint density at radius 1 is 1.33 bits per heavy atom. The van der Waals surface area contributed by atoms with Gasteiger partial charge in [0.25, 0.3) is 0 Å². The molecule has 2 rings (SSSR count). The first-order chi connectivity index (χ1) is 9.79. The van der Waals surface area contributed by atoms with E-state index in [1.165, 1.54) is 0 Å². The number of nitrogens with zero attached hydrogens (tertiary/aromatic N) is 2. The molecule has 0 aromatic heterocycles. The first-order valence-electron chi connectivity index (χ1n) is 7.81. The molecule has 1 unspecified atom stereocenters. The predicted molar refractivity (Wildman–Crippen MR) is 98.5 cm³/mol. The number of rotatable bonds is 5. The van der Waals surface area contributed by atoms with Crippen molar-refractivity contribution in [1.82, 2.24) is 15.5 Å². The number of hydrogen-bond acceptors (Lipinski definition) is 3. The molecule has 0 spiro atoms. The number of hydrogen-bond donors (Lipinski definition) is 2. The fourth-order valence-electron chi connectivity index (χ4n) is 2.61. The fourth-order valence-corrected chi connectivity index (χ4v) is 2.61. The Labute approximate surface area is 145 Å². The highest BCUT2D eigenvalue weighted by atomic mass is 127. The zero-order valence-corrected chi connectivity index (χ0v) is 15.5. The number of halogens is 1. The van der Waals surface area contributed by atoms with Crippen LogP contribution in [0.15, 0.2) is 17.1 Å². The quantitative estimate of drug-likeness (QED) is 0.314. The topological polar surface area (TPSA) is 48.9 Å². The first-order valence-corrected chi connectivity index (χ1v) is 7.81. The van der Waals surface area contributed by atoms with Gasteiger partial charge >= 0.3 is 0 Å². The van der Waals surface area contributed by atoms with E-state index in [1.54, 1.807) is 0 Å². The molecule has 1 aliphatic heterocycles. The van der Waals surface area contributed by atoms with Crippen LogP contribution in [0.4, 0.5) is 0 Å². The number of aliphatic imine (C=N–C) groups is 1. The molecule has 1 saturated heterocycles. The van der Waals surface area contributed by atoms with Crippen LogP contribution in [0.3, 0.4) is 0 Å². The van der Waals surface area contributed by atoms with Crippen LogP contribution in [0.2, 0.25) is 0 Å². The Morgan fingerprint density at radius 3 is 2.62 bits per heavy atom. The van der Waals surface area contributed by atoms with Crippen molar-refractivity contribution < 1.29 is 4.74 Å². The molecule has 0 aromatic rings. The van der Waals surface area contributed by atoms with Gasteiger partial charge in [-0.1, -0.05) is 12.2 Å². The summed E-state index contributed by atoms with van der Waals surface area (Å²) >= 11 is 0. The molecule has 2 N–H and O–H groups in total. The fraction of sp³-hybridized carbons (Fsp3) is 0.800. The third-order valence-electron chi connectivity index (χ3n) is 3.88. The lowest BCUT2D eigenvalue weighted by atomic mass is 10.2. The van der Waals surface area contributed by atoms with E-state index in [9.17, 15) is 0 Å². The minimum absolute atomic E-state index is 0. The van der Waals surface area contributed by atoms with E-state index < -0.39 is 0 Å². The van der Waals surface area contributed by atoms with Crippen molar-refractivity contribution >= 4 is 29.9 Å². The maximum absolute atomic E-state index is 5.39. The van der Waals surface area contributed by atoms with E-state index in [0.29, 0.717) is 12.1 Å². The van der Waals surface area contributed by atoms with Crippen molar-refractivity contribution in [2.24, 2.45) is 4.99 Å². The van der Waals surface area contributed by atoms with Crippen molar-refractivity contribution in [2.75, 3.05) is 39.4 Å².